The lowest BCUT2D eigenvalue weighted by molar-refractivity contribution is -0.0504. The van der Waals surface area contributed by atoms with E-state index in [1.54, 1.807) is 30.5 Å². The molecule has 0 aliphatic heterocycles. The van der Waals surface area contributed by atoms with Gasteiger partial charge in [-0.15, -0.1) is 0 Å². The molecule has 106 valence electrons. The van der Waals surface area contributed by atoms with Crippen LogP contribution in [0.4, 0.5) is 14.5 Å². The summed E-state index contributed by atoms with van der Waals surface area (Å²) in [5.41, 5.74) is 1.34. The van der Waals surface area contributed by atoms with Gasteiger partial charge < -0.3 is 10.1 Å². The standard InChI is InChI=1S/C13H10BrClF2N2O/c14-10-5-9(7-19-12(10)15)18-6-8-3-1-2-4-11(8)20-13(16)17/h1-5,7,13,18H,6H2. The van der Waals surface area contributed by atoms with E-state index in [0.29, 0.717) is 27.4 Å². The van der Waals surface area contributed by atoms with Crippen molar-refractivity contribution in [3.8, 4) is 5.75 Å². The lowest BCUT2D eigenvalue weighted by atomic mass is 10.2. The Bertz CT molecular complexity index is 598. The van der Waals surface area contributed by atoms with Crippen molar-refractivity contribution in [1.29, 1.82) is 0 Å². The van der Waals surface area contributed by atoms with Crippen molar-refractivity contribution in [3.05, 3.63) is 51.7 Å². The molecule has 0 saturated heterocycles. The van der Waals surface area contributed by atoms with E-state index in [1.165, 1.54) is 6.07 Å². The second kappa shape index (κ2) is 6.85. The summed E-state index contributed by atoms with van der Waals surface area (Å²) in [6.07, 6.45) is 1.56. The van der Waals surface area contributed by atoms with Gasteiger partial charge in [-0.3, -0.25) is 0 Å². The van der Waals surface area contributed by atoms with E-state index >= 15 is 0 Å². The largest absolute Gasteiger partial charge is 0.434 e. The van der Waals surface area contributed by atoms with Crippen LogP contribution in [0.25, 0.3) is 0 Å². The van der Waals surface area contributed by atoms with Crippen LogP contribution in [0.1, 0.15) is 5.56 Å². The first-order chi connectivity index (χ1) is 9.56. The van der Waals surface area contributed by atoms with E-state index in [0.717, 1.165) is 0 Å². The van der Waals surface area contributed by atoms with Crippen molar-refractivity contribution in [3.63, 3.8) is 0 Å². The zero-order chi connectivity index (χ0) is 14.5. The van der Waals surface area contributed by atoms with Crippen molar-refractivity contribution in [2.24, 2.45) is 0 Å². The lowest BCUT2D eigenvalue weighted by Gasteiger charge is -2.12. The summed E-state index contributed by atoms with van der Waals surface area (Å²) >= 11 is 9.05. The molecule has 0 aliphatic carbocycles. The van der Waals surface area contributed by atoms with Crippen LogP contribution in [0.2, 0.25) is 5.15 Å². The van der Waals surface area contributed by atoms with Crippen LogP contribution in [-0.4, -0.2) is 11.6 Å². The Morgan fingerprint density at radius 1 is 1.35 bits per heavy atom. The van der Waals surface area contributed by atoms with Gasteiger partial charge >= 0.3 is 6.61 Å². The highest BCUT2D eigenvalue weighted by atomic mass is 79.9. The molecule has 1 aromatic carbocycles. The molecule has 1 aromatic heterocycles. The van der Waals surface area contributed by atoms with Crippen LogP contribution in [0, 0.1) is 0 Å². The number of pyridine rings is 1. The minimum atomic E-state index is -2.84. The third kappa shape index (κ3) is 4.05. The molecule has 3 nitrogen and oxygen atoms in total. The number of para-hydroxylation sites is 1. The first-order valence-electron chi connectivity index (χ1n) is 5.64. The quantitative estimate of drug-likeness (QED) is 0.781. The predicted molar refractivity (Wildman–Crippen MR) is 77.3 cm³/mol. The maximum Gasteiger partial charge on any atom is 0.387 e. The number of alkyl halides is 2. The van der Waals surface area contributed by atoms with Gasteiger partial charge in [0.25, 0.3) is 0 Å². The smallest absolute Gasteiger partial charge is 0.387 e. The van der Waals surface area contributed by atoms with E-state index in [1.807, 2.05) is 0 Å². The molecule has 1 N–H and O–H groups in total. The number of ether oxygens (including phenoxy) is 1. The van der Waals surface area contributed by atoms with Gasteiger partial charge in [-0.05, 0) is 28.1 Å². The summed E-state index contributed by atoms with van der Waals surface area (Å²) in [5.74, 6) is 0.149. The number of nitrogens with zero attached hydrogens (tertiary/aromatic N) is 1. The SMILES string of the molecule is FC(F)Oc1ccccc1CNc1cnc(Cl)c(Br)c1. The molecular formula is C13H10BrClF2N2O. The van der Waals surface area contributed by atoms with Gasteiger partial charge in [0.15, 0.2) is 0 Å². The number of aromatic nitrogens is 1. The third-order valence-electron chi connectivity index (χ3n) is 2.47. The minimum absolute atomic E-state index is 0.149. The second-order valence-corrected chi connectivity index (χ2v) is 5.05. The molecule has 2 rings (SSSR count). The van der Waals surface area contributed by atoms with Crippen molar-refractivity contribution in [1.82, 2.24) is 4.98 Å². The van der Waals surface area contributed by atoms with Crippen LogP contribution in [0.15, 0.2) is 41.0 Å². The summed E-state index contributed by atoms with van der Waals surface area (Å²) in [6.45, 7) is -2.51. The Morgan fingerprint density at radius 2 is 2.10 bits per heavy atom. The second-order valence-electron chi connectivity index (χ2n) is 3.84. The number of anilines is 1. The highest BCUT2D eigenvalue weighted by Crippen LogP contribution is 2.25. The summed E-state index contributed by atoms with van der Waals surface area (Å²) in [6, 6.07) is 8.36. The molecule has 7 heteroatoms. The lowest BCUT2D eigenvalue weighted by Crippen LogP contribution is -2.07. The molecule has 0 aliphatic rings. The maximum absolute atomic E-state index is 12.3. The molecule has 20 heavy (non-hydrogen) atoms. The van der Waals surface area contributed by atoms with Crippen LogP contribution >= 0.6 is 27.5 Å². The molecule has 0 saturated carbocycles. The Labute approximate surface area is 128 Å². The molecule has 0 fully saturated rings. The summed E-state index contributed by atoms with van der Waals surface area (Å²) in [5, 5.41) is 3.42. The molecule has 0 bridgehead atoms. The Kier molecular flexibility index (Phi) is 5.14. The average Bonchev–Trinajstić information content (AvgIpc) is 2.41. The first kappa shape index (κ1) is 15.0. The Hall–Kier alpha value is -1.40. The van der Waals surface area contributed by atoms with E-state index in [2.05, 4.69) is 31.0 Å². The number of benzene rings is 1. The number of hydrogen-bond acceptors (Lipinski definition) is 3. The fourth-order valence-electron chi connectivity index (χ4n) is 1.58. The van der Waals surface area contributed by atoms with E-state index in [-0.39, 0.29) is 5.75 Å². The monoisotopic (exact) mass is 362 g/mol. The fraction of sp³-hybridized carbons (Fsp3) is 0.154. The molecular weight excluding hydrogens is 354 g/mol. The molecule has 0 radical (unpaired) electrons. The predicted octanol–water partition coefficient (Wildman–Crippen LogP) is 4.71. The van der Waals surface area contributed by atoms with E-state index in [9.17, 15) is 8.78 Å². The highest BCUT2D eigenvalue weighted by molar-refractivity contribution is 9.10. The highest BCUT2D eigenvalue weighted by Gasteiger charge is 2.09. The Morgan fingerprint density at radius 3 is 2.80 bits per heavy atom. The van der Waals surface area contributed by atoms with Crippen molar-refractivity contribution in [2.45, 2.75) is 13.2 Å². The molecule has 0 amide bonds. The molecule has 0 spiro atoms. The summed E-state index contributed by atoms with van der Waals surface area (Å²) in [4.78, 5) is 3.97. The van der Waals surface area contributed by atoms with Crippen LogP contribution in [0.3, 0.4) is 0 Å². The number of halogens is 4. The number of rotatable bonds is 5. The summed E-state index contributed by atoms with van der Waals surface area (Å²) < 4.78 is 29.7. The number of hydrogen-bond donors (Lipinski definition) is 1. The van der Waals surface area contributed by atoms with Gasteiger partial charge in [-0.25, -0.2) is 4.98 Å². The van der Waals surface area contributed by atoms with Crippen LogP contribution in [0.5, 0.6) is 5.75 Å². The topological polar surface area (TPSA) is 34.1 Å². The molecule has 0 atom stereocenters. The molecule has 2 aromatic rings. The Balaban J connectivity index is 2.08. The van der Waals surface area contributed by atoms with Gasteiger partial charge in [-0.2, -0.15) is 8.78 Å². The fourth-order valence-corrected chi connectivity index (χ4v) is 2.03. The normalized spacial score (nSPS) is 10.7. The average molecular weight is 364 g/mol. The van der Waals surface area contributed by atoms with E-state index < -0.39 is 6.61 Å². The van der Waals surface area contributed by atoms with Gasteiger partial charge in [0.05, 0.1) is 16.4 Å². The molecule has 1 heterocycles. The van der Waals surface area contributed by atoms with Crippen molar-refractivity contribution < 1.29 is 13.5 Å². The van der Waals surface area contributed by atoms with Gasteiger partial charge in [0.2, 0.25) is 0 Å². The van der Waals surface area contributed by atoms with Gasteiger partial charge in [-0.1, -0.05) is 29.8 Å². The number of nitrogens with one attached hydrogen (secondary N) is 1. The van der Waals surface area contributed by atoms with Crippen LogP contribution < -0.4 is 10.1 Å². The third-order valence-corrected chi connectivity index (χ3v) is 3.60. The summed E-state index contributed by atoms with van der Waals surface area (Å²) in [7, 11) is 0. The maximum atomic E-state index is 12.3. The zero-order valence-electron chi connectivity index (χ0n) is 10.1. The van der Waals surface area contributed by atoms with Crippen molar-refractivity contribution in [2.75, 3.05) is 5.32 Å². The minimum Gasteiger partial charge on any atom is -0.434 e. The van der Waals surface area contributed by atoms with E-state index in [4.69, 9.17) is 11.6 Å². The molecule has 0 unspecified atom stereocenters. The van der Waals surface area contributed by atoms with Gasteiger partial charge in [0.1, 0.15) is 10.9 Å². The first-order valence-corrected chi connectivity index (χ1v) is 6.81. The van der Waals surface area contributed by atoms with Crippen LogP contribution in [-0.2, 0) is 6.54 Å². The van der Waals surface area contributed by atoms with Crippen molar-refractivity contribution >= 4 is 33.2 Å². The zero-order valence-corrected chi connectivity index (χ0v) is 12.5. The van der Waals surface area contributed by atoms with Gasteiger partial charge in [0, 0.05) is 12.1 Å².